The molecule has 4 heteroatoms. The SMILES string of the molecule is CCC1NCCN(Cc2cccs2)C1=O. The van der Waals surface area contributed by atoms with Gasteiger partial charge in [0.1, 0.15) is 0 Å². The van der Waals surface area contributed by atoms with Gasteiger partial charge in [-0.2, -0.15) is 0 Å². The van der Waals surface area contributed by atoms with Crippen LogP contribution in [0.5, 0.6) is 0 Å². The Hall–Kier alpha value is -0.870. The second kappa shape index (κ2) is 4.77. The van der Waals surface area contributed by atoms with Crippen molar-refractivity contribution in [3.63, 3.8) is 0 Å². The zero-order chi connectivity index (χ0) is 10.7. The fraction of sp³-hybridized carbons (Fsp3) is 0.545. The van der Waals surface area contributed by atoms with E-state index in [-0.39, 0.29) is 11.9 Å². The van der Waals surface area contributed by atoms with Crippen molar-refractivity contribution in [2.75, 3.05) is 13.1 Å². The van der Waals surface area contributed by atoms with E-state index in [1.54, 1.807) is 11.3 Å². The second-order valence-corrected chi connectivity index (χ2v) is 4.79. The van der Waals surface area contributed by atoms with Gasteiger partial charge in [0.25, 0.3) is 0 Å². The molecule has 0 radical (unpaired) electrons. The lowest BCUT2D eigenvalue weighted by atomic mass is 10.1. The number of thiophene rings is 1. The van der Waals surface area contributed by atoms with Crippen LogP contribution in [0.25, 0.3) is 0 Å². The molecule has 15 heavy (non-hydrogen) atoms. The van der Waals surface area contributed by atoms with E-state index in [1.807, 2.05) is 17.9 Å². The van der Waals surface area contributed by atoms with Gasteiger partial charge in [-0.25, -0.2) is 0 Å². The molecule has 0 spiro atoms. The van der Waals surface area contributed by atoms with Crippen LogP contribution in [-0.2, 0) is 11.3 Å². The third kappa shape index (κ3) is 2.38. The first-order chi connectivity index (χ1) is 7.31. The molecule has 1 unspecified atom stereocenters. The summed E-state index contributed by atoms with van der Waals surface area (Å²) in [6.07, 6.45) is 0.875. The second-order valence-electron chi connectivity index (χ2n) is 3.75. The molecule has 2 heterocycles. The van der Waals surface area contributed by atoms with E-state index in [0.717, 1.165) is 26.1 Å². The zero-order valence-corrected chi connectivity index (χ0v) is 9.72. The van der Waals surface area contributed by atoms with Crippen molar-refractivity contribution in [3.8, 4) is 0 Å². The Morgan fingerprint density at radius 1 is 1.67 bits per heavy atom. The maximum atomic E-state index is 12.0. The van der Waals surface area contributed by atoms with E-state index < -0.39 is 0 Å². The number of amides is 1. The molecule has 1 fully saturated rings. The maximum absolute atomic E-state index is 12.0. The summed E-state index contributed by atoms with van der Waals surface area (Å²) in [5, 5.41) is 5.30. The first-order valence-electron chi connectivity index (χ1n) is 5.36. The molecule has 0 aliphatic carbocycles. The lowest BCUT2D eigenvalue weighted by molar-refractivity contribution is -0.136. The van der Waals surface area contributed by atoms with E-state index in [2.05, 4.69) is 16.8 Å². The fourth-order valence-corrected chi connectivity index (χ4v) is 2.58. The Balaban J connectivity index is 1.99. The number of nitrogens with zero attached hydrogens (tertiary/aromatic N) is 1. The molecular weight excluding hydrogens is 208 g/mol. The van der Waals surface area contributed by atoms with Gasteiger partial charge < -0.3 is 10.2 Å². The van der Waals surface area contributed by atoms with Crippen LogP contribution in [0.2, 0.25) is 0 Å². The van der Waals surface area contributed by atoms with Crippen molar-refractivity contribution in [1.82, 2.24) is 10.2 Å². The van der Waals surface area contributed by atoms with Gasteiger partial charge in [-0.05, 0) is 17.9 Å². The van der Waals surface area contributed by atoms with Gasteiger partial charge in [-0.1, -0.05) is 13.0 Å². The molecule has 1 atom stereocenters. The average molecular weight is 224 g/mol. The van der Waals surface area contributed by atoms with Crippen LogP contribution < -0.4 is 5.32 Å². The number of carbonyl (C=O) groups excluding carboxylic acids is 1. The first kappa shape index (κ1) is 10.6. The highest BCUT2D eigenvalue weighted by molar-refractivity contribution is 7.09. The summed E-state index contributed by atoms with van der Waals surface area (Å²) in [5.41, 5.74) is 0. The predicted octanol–water partition coefficient (Wildman–Crippen LogP) is 1.46. The van der Waals surface area contributed by atoms with Crippen molar-refractivity contribution >= 4 is 17.2 Å². The van der Waals surface area contributed by atoms with Crippen molar-refractivity contribution in [1.29, 1.82) is 0 Å². The van der Waals surface area contributed by atoms with Crippen molar-refractivity contribution in [3.05, 3.63) is 22.4 Å². The molecule has 1 amide bonds. The molecule has 1 aromatic rings. The fourth-order valence-electron chi connectivity index (χ4n) is 1.86. The molecule has 3 nitrogen and oxygen atoms in total. The third-order valence-electron chi connectivity index (χ3n) is 2.72. The molecule has 1 N–H and O–H groups in total. The Morgan fingerprint density at radius 3 is 3.20 bits per heavy atom. The van der Waals surface area contributed by atoms with Gasteiger partial charge in [-0.3, -0.25) is 4.79 Å². The number of nitrogens with one attached hydrogen (secondary N) is 1. The van der Waals surface area contributed by atoms with Crippen LogP contribution in [0.1, 0.15) is 18.2 Å². The number of hydrogen-bond acceptors (Lipinski definition) is 3. The summed E-state index contributed by atoms with van der Waals surface area (Å²) in [6.45, 7) is 4.56. The number of rotatable bonds is 3. The molecule has 0 aromatic carbocycles. The summed E-state index contributed by atoms with van der Waals surface area (Å²) in [4.78, 5) is 15.2. The maximum Gasteiger partial charge on any atom is 0.240 e. The number of piperazine rings is 1. The van der Waals surface area contributed by atoms with Gasteiger partial charge in [0.05, 0.1) is 12.6 Å². The van der Waals surface area contributed by atoms with E-state index in [9.17, 15) is 4.79 Å². The van der Waals surface area contributed by atoms with E-state index in [1.165, 1.54) is 4.88 Å². The van der Waals surface area contributed by atoms with Gasteiger partial charge in [0.2, 0.25) is 5.91 Å². The molecule has 2 rings (SSSR count). The quantitative estimate of drug-likeness (QED) is 0.843. The Kier molecular flexibility index (Phi) is 3.38. The summed E-state index contributed by atoms with van der Waals surface area (Å²) in [5.74, 6) is 0.247. The lowest BCUT2D eigenvalue weighted by Gasteiger charge is -2.32. The van der Waals surface area contributed by atoms with Gasteiger partial charge >= 0.3 is 0 Å². The highest BCUT2D eigenvalue weighted by atomic mass is 32.1. The standard InChI is InChI=1S/C11H16N2OS/c1-2-10-11(14)13(6-5-12-10)8-9-4-3-7-15-9/h3-4,7,10,12H,2,5-6,8H2,1H3. The summed E-state index contributed by atoms with van der Waals surface area (Å²) in [7, 11) is 0. The normalized spacial score (nSPS) is 22.1. The highest BCUT2D eigenvalue weighted by Gasteiger charge is 2.26. The van der Waals surface area contributed by atoms with Crippen LogP contribution in [0, 0.1) is 0 Å². The smallest absolute Gasteiger partial charge is 0.240 e. The highest BCUT2D eigenvalue weighted by Crippen LogP contribution is 2.14. The summed E-state index contributed by atoms with van der Waals surface area (Å²) < 4.78 is 0. The Morgan fingerprint density at radius 2 is 2.53 bits per heavy atom. The van der Waals surface area contributed by atoms with Gasteiger partial charge in [0, 0.05) is 18.0 Å². The first-order valence-corrected chi connectivity index (χ1v) is 6.23. The minimum Gasteiger partial charge on any atom is -0.335 e. The number of carbonyl (C=O) groups is 1. The monoisotopic (exact) mass is 224 g/mol. The largest absolute Gasteiger partial charge is 0.335 e. The Labute approximate surface area is 94.1 Å². The van der Waals surface area contributed by atoms with E-state index in [0.29, 0.717) is 0 Å². The average Bonchev–Trinajstić information content (AvgIpc) is 2.74. The molecule has 0 bridgehead atoms. The van der Waals surface area contributed by atoms with E-state index >= 15 is 0 Å². The topological polar surface area (TPSA) is 32.3 Å². The molecule has 82 valence electrons. The molecule has 0 saturated carbocycles. The minimum atomic E-state index is 0.0266. The van der Waals surface area contributed by atoms with Gasteiger partial charge in [-0.15, -0.1) is 11.3 Å². The minimum absolute atomic E-state index is 0.0266. The predicted molar refractivity (Wildman–Crippen MR) is 61.8 cm³/mol. The van der Waals surface area contributed by atoms with Crippen molar-refractivity contribution < 1.29 is 4.79 Å². The van der Waals surface area contributed by atoms with E-state index in [4.69, 9.17) is 0 Å². The van der Waals surface area contributed by atoms with Crippen LogP contribution >= 0.6 is 11.3 Å². The molecular formula is C11H16N2OS. The van der Waals surface area contributed by atoms with Crippen LogP contribution in [0.4, 0.5) is 0 Å². The van der Waals surface area contributed by atoms with Gasteiger partial charge in [0.15, 0.2) is 0 Å². The molecule has 1 aliphatic heterocycles. The van der Waals surface area contributed by atoms with Crippen LogP contribution in [-0.4, -0.2) is 29.9 Å². The van der Waals surface area contributed by atoms with Crippen LogP contribution in [0.15, 0.2) is 17.5 Å². The van der Waals surface area contributed by atoms with Crippen molar-refractivity contribution in [2.24, 2.45) is 0 Å². The lowest BCUT2D eigenvalue weighted by Crippen LogP contribution is -2.54. The Bertz CT molecular complexity index is 323. The third-order valence-corrected chi connectivity index (χ3v) is 3.58. The summed E-state index contributed by atoms with van der Waals surface area (Å²) in [6, 6.07) is 4.14. The number of hydrogen-bond donors (Lipinski definition) is 1. The molecule has 1 aliphatic rings. The summed E-state index contributed by atoms with van der Waals surface area (Å²) >= 11 is 1.71. The van der Waals surface area contributed by atoms with Crippen LogP contribution in [0.3, 0.4) is 0 Å². The molecule has 1 aromatic heterocycles. The van der Waals surface area contributed by atoms with Crippen molar-refractivity contribution in [2.45, 2.75) is 25.9 Å². The molecule has 1 saturated heterocycles. The zero-order valence-electron chi connectivity index (χ0n) is 8.90.